The fourth-order valence-electron chi connectivity index (χ4n) is 3.00. The zero-order valence-corrected chi connectivity index (χ0v) is 15.0. The van der Waals surface area contributed by atoms with Crippen LogP contribution in [0.2, 0.25) is 0 Å². The van der Waals surface area contributed by atoms with Gasteiger partial charge >= 0.3 is 0 Å². The number of anilines is 1. The quantitative estimate of drug-likeness (QED) is 0.776. The number of fused-ring (bicyclic) bond motifs is 1. The van der Waals surface area contributed by atoms with Gasteiger partial charge in [0.2, 0.25) is 0 Å². The Kier molecular flexibility index (Phi) is 5.89. The van der Waals surface area contributed by atoms with Gasteiger partial charge in [0.1, 0.15) is 5.75 Å². The molecule has 1 aliphatic heterocycles. The van der Waals surface area contributed by atoms with Crippen LogP contribution in [0.3, 0.4) is 0 Å². The smallest absolute Gasteiger partial charge is 0.265 e. The van der Waals surface area contributed by atoms with E-state index in [9.17, 15) is 9.59 Å². The van der Waals surface area contributed by atoms with Crippen LogP contribution in [0.1, 0.15) is 42.1 Å². The molecule has 0 bridgehead atoms. The molecule has 0 saturated heterocycles. The number of benzene rings is 2. The Morgan fingerprint density at radius 1 is 1.15 bits per heavy atom. The van der Waals surface area contributed by atoms with E-state index in [1.165, 1.54) is 0 Å². The molecule has 0 fully saturated rings. The first-order chi connectivity index (χ1) is 12.7. The molecule has 0 unspecified atom stereocenters. The lowest BCUT2D eigenvalue weighted by atomic mass is 10.1. The molecular weight excluding hydrogens is 328 g/mol. The number of rotatable bonds is 7. The van der Waals surface area contributed by atoms with Gasteiger partial charge in [0.15, 0.2) is 6.61 Å². The normalized spacial score (nSPS) is 13.1. The van der Waals surface area contributed by atoms with E-state index >= 15 is 0 Å². The largest absolute Gasteiger partial charge is 0.482 e. The Balaban J connectivity index is 1.71. The van der Waals surface area contributed by atoms with Gasteiger partial charge in [0.25, 0.3) is 11.8 Å². The maximum Gasteiger partial charge on any atom is 0.265 e. The summed E-state index contributed by atoms with van der Waals surface area (Å²) < 4.78 is 5.47. The molecule has 0 spiro atoms. The average molecular weight is 352 g/mol. The van der Waals surface area contributed by atoms with Crippen molar-refractivity contribution in [3.63, 3.8) is 0 Å². The molecule has 2 aromatic rings. The number of hydrogen-bond acceptors (Lipinski definition) is 3. The van der Waals surface area contributed by atoms with E-state index in [0.717, 1.165) is 30.5 Å². The molecule has 1 N–H and O–H groups in total. The van der Waals surface area contributed by atoms with Crippen molar-refractivity contribution in [1.82, 2.24) is 5.32 Å². The van der Waals surface area contributed by atoms with Crippen molar-refractivity contribution in [2.24, 2.45) is 0 Å². The van der Waals surface area contributed by atoms with Crippen LogP contribution < -0.4 is 15.0 Å². The monoisotopic (exact) mass is 352 g/mol. The van der Waals surface area contributed by atoms with Gasteiger partial charge < -0.3 is 15.0 Å². The standard InChI is InChI=1S/C21H24N2O3/c1-2-3-6-12-22-21(25)17-9-7-8-16(13-17)14-23-18-10-4-5-11-19(18)26-15-20(23)24/h4-5,7-11,13H,2-3,6,12,14-15H2,1H3,(H,22,25). The van der Waals surface area contributed by atoms with Crippen LogP contribution in [-0.4, -0.2) is 25.0 Å². The Bertz CT molecular complexity index is 788. The molecule has 3 rings (SSSR count). The lowest BCUT2D eigenvalue weighted by Crippen LogP contribution is -2.38. The van der Waals surface area contributed by atoms with E-state index in [2.05, 4.69) is 12.2 Å². The van der Waals surface area contributed by atoms with Gasteiger partial charge in [-0.25, -0.2) is 0 Å². The van der Waals surface area contributed by atoms with E-state index in [4.69, 9.17) is 4.74 Å². The Labute approximate surface area is 154 Å². The number of carbonyl (C=O) groups is 2. The van der Waals surface area contributed by atoms with Crippen molar-refractivity contribution in [3.8, 4) is 5.75 Å². The third kappa shape index (κ3) is 4.23. The van der Waals surface area contributed by atoms with Gasteiger partial charge in [-0.05, 0) is 36.2 Å². The van der Waals surface area contributed by atoms with Gasteiger partial charge in [-0.1, -0.05) is 44.0 Å². The van der Waals surface area contributed by atoms with Crippen LogP contribution in [0.25, 0.3) is 0 Å². The molecule has 0 aliphatic carbocycles. The predicted molar refractivity (Wildman–Crippen MR) is 101 cm³/mol. The lowest BCUT2D eigenvalue weighted by Gasteiger charge is -2.29. The maximum absolute atomic E-state index is 12.3. The molecule has 136 valence electrons. The summed E-state index contributed by atoms with van der Waals surface area (Å²) in [6.45, 7) is 3.27. The summed E-state index contributed by atoms with van der Waals surface area (Å²) in [6, 6.07) is 14.9. The number of hydrogen-bond donors (Lipinski definition) is 1. The average Bonchev–Trinajstić information content (AvgIpc) is 2.67. The van der Waals surface area contributed by atoms with E-state index < -0.39 is 0 Å². The highest BCUT2D eigenvalue weighted by Crippen LogP contribution is 2.32. The van der Waals surface area contributed by atoms with Crippen molar-refractivity contribution >= 4 is 17.5 Å². The molecular formula is C21H24N2O3. The van der Waals surface area contributed by atoms with E-state index in [1.54, 1.807) is 11.0 Å². The van der Waals surface area contributed by atoms with Crippen LogP contribution in [0.15, 0.2) is 48.5 Å². The second-order valence-electron chi connectivity index (χ2n) is 6.40. The Morgan fingerprint density at radius 2 is 2.00 bits per heavy atom. The highest BCUT2D eigenvalue weighted by Gasteiger charge is 2.25. The SMILES string of the molecule is CCCCCNC(=O)c1cccc(CN2C(=O)COc3ccccc32)c1. The van der Waals surface area contributed by atoms with Crippen molar-refractivity contribution in [2.45, 2.75) is 32.7 Å². The summed E-state index contributed by atoms with van der Waals surface area (Å²) in [5, 5.41) is 2.95. The predicted octanol–water partition coefficient (Wildman–Crippen LogP) is 3.53. The molecule has 1 aliphatic rings. The molecule has 2 amide bonds. The first-order valence-corrected chi connectivity index (χ1v) is 9.08. The molecule has 5 nitrogen and oxygen atoms in total. The lowest BCUT2D eigenvalue weighted by molar-refractivity contribution is -0.121. The van der Waals surface area contributed by atoms with Gasteiger partial charge in [-0.3, -0.25) is 9.59 Å². The second kappa shape index (κ2) is 8.52. The van der Waals surface area contributed by atoms with E-state index in [0.29, 0.717) is 24.4 Å². The minimum absolute atomic E-state index is 0.0363. The number of nitrogens with zero attached hydrogens (tertiary/aromatic N) is 1. The fourth-order valence-corrected chi connectivity index (χ4v) is 3.00. The summed E-state index contributed by atoms with van der Waals surface area (Å²) in [4.78, 5) is 26.3. The van der Waals surface area contributed by atoms with Crippen molar-refractivity contribution < 1.29 is 14.3 Å². The van der Waals surface area contributed by atoms with Gasteiger partial charge in [-0.15, -0.1) is 0 Å². The number of ether oxygens (including phenoxy) is 1. The summed E-state index contributed by atoms with van der Waals surface area (Å²) >= 11 is 0. The molecule has 0 atom stereocenters. The first-order valence-electron chi connectivity index (χ1n) is 9.08. The molecule has 5 heteroatoms. The zero-order valence-electron chi connectivity index (χ0n) is 15.0. The van der Waals surface area contributed by atoms with Crippen LogP contribution in [0, 0.1) is 0 Å². The molecule has 26 heavy (non-hydrogen) atoms. The Morgan fingerprint density at radius 3 is 2.85 bits per heavy atom. The summed E-state index contributed by atoms with van der Waals surface area (Å²) in [5.41, 5.74) is 2.29. The topological polar surface area (TPSA) is 58.6 Å². The number of unbranched alkanes of at least 4 members (excludes halogenated alkanes) is 2. The van der Waals surface area contributed by atoms with Crippen molar-refractivity contribution in [1.29, 1.82) is 0 Å². The second-order valence-corrected chi connectivity index (χ2v) is 6.40. The molecule has 0 radical (unpaired) electrons. The van der Waals surface area contributed by atoms with Crippen LogP contribution in [0.4, 0.5) is 5.69 Å². The third-order valence-electron chi connectivity index (χ3n) is 4.40. The highest BCUT2D eigenvalue weighted by atomic mass is 16.5. The van der Waals surface area contributed by atoms with Crippen molar-refractivity contribution in [2.75, 3.05) is 18.1 Å². The van der Waals surface area contributed by atoms with Crippen molar-refractivity contribution in [3.05, 3.63) is 59.7 Å². The number of nitrogens with one attached hydrogen (secondary N) is 1. The van der Waals surface area contributed by atoms with Crippen LogP contribution >= 0.6 is 0 Å². The van der Waals surface area contributed by atoms with E-state index in [-0.39, 0.29) is 18.4 Å². The minimum Gasteiger partial charge on any atom is -0.482 e. The van der Waals surface area contributed by atoms with Gasteiger partial charge in [0.05, 0.1) is 12.2 Å². The summed E-state index contributed by atoms with van der Waals surface area (Å²) in [5.74, 6) is 0.548. The maximum atomic E-state index is 12.3. The molecule has 0 saturated carbocycles. The number of carbonyl (C=O) groups excluding carboxylic acids is 2. The number of para-hydroxylation sites is 2. The molecule has 2 aromatic carbocycles. The number of amides is 2. The first kappa shape index (κ1) is 18.0. The van der Waals surface area contributed by atoms with Crippen LogP contribution in [0.5, 0.6) is 5.75 Å². The highest BCUT2D eigenvalue weighted by molar-refractivity contribution is 5.98. The molecule has 1 heterocycles. The van der Waals surface area contributed by atoms with Gasteiger partial charge in [0, 0.05) is 12.1 Å². The summed E-state index contributed by atoms with van der Waals surface area (Å²) in [7, 11) is 0. The zero-order chi connectivity index (χ0) is 18.4. The fraction of sp³-hybridized carbons (Fsp3) is 0.333. The minimum atomic E-state index is -0.0851. The van der Waals surface area contributed by atoms with E-state index in [1.807, 2.05) is 42.5 Å². The summed E-state index contributed by atoms with van der Waals surface area (Å²) in [6.07, 6.45) is 3.22. The van der Waals surface area contributed by atoms with Gasteiger partial charge in [-0.2, -0.15) is 0 Å². The molecule has 0 aromatic heterocycles. The third-order valence-corrected chi connectivity index (χ3v) is 4.40. The van der Waals surface area contributed by atoms with Crippen LogP contribution in [-0.2, 0) is 11.3 Å². The Hall–Kier alpha value is -2.82.